The molecule has 8 aromatic rings. The van der Waals surface area contributed by atoms with E-state index in [4.69, 9.17) is 22.3 Å². The van der Waals surface area contributed by atoms with Gasteiger partial charge in [0.05, 0.1) is 34.8 Å². The molecule has 0 aliphatic rings. The molecule has 57 heavy (non-hydrogen) atoms. The van der Waals surface area contributed by atoms with Crippen molar-refractivity contribution < 1.29 is 17.4 Å². The van der Waals surface area contributed by atoms with E-state index in [2.05, 4.69) is 40.7 Å². The number of rotatable bonds is 8. The normalized spacial score (nSPS) is 14.6. The number of para-hydroxylation sites is 2. The zero-order valence-corrected chi connectivity index (χ0v) is 33.3. The highest BCUT2D eigenvalue weighted by atomic mass is 16.3. The van der Waals surface area contributed by atoms with E-state index in [1.807, 2.05) is 73.0 Å². The van der Waals surface area contributed by atoms with E-state index in [0.29, 0.717) is 44.9 Å². The van der Waals surface area contributed by atoms with Crippen molar-refractivity contribution in [1.82, 2.24) is 14.5 Å². The van der Waals surface area contributed by atoms with E-state index in [1.54, 1.807) is 54.7 Å². The first-order chi connectivity index (χ1) is 31.0. The Morgan fingerprint density at radius 2 is 1.44 bits per heavy atom. The maximum Gasteiger partial charge on any atom is 0.149 e. The summed E-state index contributed by atoms with van der Waals surface area (Å²) in [6, 6.07) is 31.5. The van der Waals surface area contributed by atoms with Crippen molar-refractivity contribution in [2.75, 3.05) is 0 Å². The molecule has 0 saturated heterocycles. The largest absolute Gasteiger partial charge is 0.507 e. The van der Waals surface area contributed by atoms with Crippen molar-refractivity contribution in [2.24, 2.45) is 0 Å². The lowest BCUT2D eigenvalue weighted by molar-refractivity contribution is 0.477. The Morgan fingerprint density at radius 3 is 2.18 bits per heavy atom. The van der Waals surface area contributed by atoms with Gasteiger partial charge in [0.2, 0.25) is 0 Å². The summed E-state index contributed by atoms with van der Waals surface area (Å²) in [4.78, 5) is 9.98. The molecule has 6 aromatic carbocycles. The molecule has 0 atom stereocenters. The monoisotopic (exact) mass is 754 g/mol. The summed E-state index contributed by atoms with van der Waals surface area (Å²) in [7, 11) is 0. The van der Waals surface area contributed by atoms with Crippen LogP contribution in [0, 0.1) is 6.85 Å². The highest BCUT2D eigenvalue weighted by Crippen LogP contribution is 2.42. The zero-order chi connectivity index (χ0) is 47.8. The minimum atomic E-state index is -2.59. The van der Waals surface area contributed by atoms with E-state index in [0.717, 1.165) is 38.9 Å². The Hall–Kier alpha value is -6.26. The van der Waals surface area contributed by atoms with Crippen molar-refractivity contribution in [3.05, 3.63) is 168 Å². The fraction of sp³-hybridized carbons (Fsp3) is 0.208. The first kappa shape index (κ1) is 28.2. The van der Waals surface area contributed by atoms with Gasteiger partial charge in [-0.05, 0) is 129 Å². The molecule has 4 heteroatoms. The minimum Gasteiger partial charge on any atom is -0.507 e. The minimum absolute atomic E-state index is 0.0297. The number of nitrogens with zero attached hydrogens (tertiary/aromatic N) is 3. The molecule has 2 heterocycles. The van der Waals surface area contributed by atoms with Gasteiger partial charge < -0.3 is 5.11 Å². The van der Waals surface area contributed by atoms with Crippen LogP contribution >= 0.6 is 0 Å². The number of phenolic OH excluding ortho intramolecular Hbond substituents is 1. The molecule has 0 bridgehead atoms. The third-order valence-corrected chi connectivity index (χ3v) is 10.6. The second kappa shape index (κ2) is 15.0. The molecule has 0 unspecified atom stereocenters. The topological polar surface area (TPSA) is 50.9 Å². The average molecular weight is 755 g/mol. The van der Waals surface area contributed by atoms with E-state index in [9.17, 15) is 5.11 Å². The van der Waals surface area contributed by atoms with Crippen LogP contribution in [-0.2, 0) is 5.41 Å². The van der Waals surface area contributed by atoms with Crippen LogP contribution in [0.2, 0.25) is 0 Å². The molecular weight excluding hydrogens is 695 g/mol. The highest BCUT2D eigenvalue weighted by Gasteiger charge is 2.24. The number of hydrogen-bond donors (Lipinski definition) is 1. The number of aromatic nitrogens is 3. The van der Waals surface area contributed by atoms with Crippen LogP contribution in [0.4, 0.5) is 0 Å². The molecule has 0 amide bonds. The molecule has 4 nitrogen and oxygen atoms in total. The second-order valence-corrected chi connectivity index (χ2v) is 16.1. The predicted molar refractivity (Wildman–Crippen MR) is 239 cm³/mol. The number of benzene rings is 6. The third-order valence-electron chi connectivity index (χ3n) is 10.6. The molecule has 0 saturated carbocycles. The van der Waals surface area contributed by atoms with Gasteiger partial charge in [0.15, 0.2) is 0 Å². The van der Waals surface area contributed by atoms with Gasteiger partial charge in [-0.1, -0.05) is 133 Å². The number of phenols is 1. The van der Waals surface area contributed by atoms with Crippen LogP contribution in [0.5, 0.6) is 5.75 Å². The third kappa shape index (κ3) is 7.17. The standard InChI is InChI=1S/C53H51N3O/c1-33(2)42-19-14-20-43(34(3)4)50(42)38-24-25-47(35(5)28-38)56-48-22-15-21-44(51(48)55-52(56)45-18-12-13-23-49(45)57)39-29-40(31-41(30-39)53(6,7)8)46-32-37(26-27-54-46)36-16-10-9-11-17-36/h9-34,57H,1-8H3/i5D3,9D,10D,11D,16D,17D,33D. The fourth-order valence-corrected chi connectivity index (χ4v) is 7.60. The van der Waals surface area contributed by atoms with Gasteiger partial charge in [-0.15, -0.1) is 0 Å². The van der Waals surface area contributed by atoms with Crippen LogP contribution in [0.15, 0.2) is 146 Å². The molecule has 284 valence electrons. The summed E-state index contributed by atoms with van der Waals surface area (Å²) in [5, 5.41) is 11.4. The quantitative estimate of drug-likeness (QED) is 0.168. The Labute approximate surface area is 350 Å². The van der Waals surface area contributed by atoms with Crippen LogP contribution in [0.25, 0.3) is 72.7 Å². The van der Waals surface area contributed by atoms with Crippen molar-refractivity contribution in [3.63, 3.8) is 0 Å². The second-order valence-electron chi connectivity index (χ2n) is 16.1. The number of imidazole rings is 1. The molecule has 0 spiro atoms. The van der Waals surface area contributed by atoms with E-state index in [1.165, 1.54) is 0 Å². The van der Waals surface area contributed by atoms with Crippen LogP contribution in [0.3, 0.4) is 0 Å². The summed E-state index contributed by atoms with van der Waals surface area (Å²) in [5.41, 5.74) is 9.24. The van der Waals surface area contributed by atoms with Gasteiger partial charge in [0.25, 0.3) is 0 Å². The Bertz CT molecular complexity index is 3180. The van der Waals surface area contributed by atoms with Crippen LogP contribution in [-0.4, -0.2) is 19.6 Å². The zero-order valence-electron chi connectivity index (χ0n) is 42.3. The Balaban J connectivity index is 1.39. The summed E-state index contributed by atoms with van der Waals surface area (Å²) < 4.78 is 79.7. The van der Waals surface area contributed by atoms with Crippen molar-refractivity contribution in [3.8, 4) is 67.5 Å². The molecule has 0 fully saturated rings. The first-order valence-corrected chi connectivity index (χ1v) is 19.3. The number of pyridine rings is 1. The summed E-state index contributed by atoms with van der Waals surface area (Å²) in [6.07, 6.45) is 1.57. The van der Waals surface area contributed by atoms with Crippen molar-refractivity contribution in [2.45, 2.75) is 72.5 Å². The molecule has 2 aromatic heterocycles. The lowest BCUT2D eigenvalue weighted by Crippen LogP contribution is -2.11. The van der Waals surface area contributed by atoms with Crippen LogP contribution < -0.4 is 0 Å². The van der Waals surface area contributed by atoms with Gasteiger partial charge in [-0.25, -0.2) is 4.98 Å². The van der Waals surface area contributed by atoms with Crippen LogP contribution in [0.1, 0.15) is 94.9 Å². The first-order valence-electron chi connectivity index (χ1n) is 23.8. The van der Waals surface area contributed by atoms with E-state index >= 15 is 0 Å². The lowest BCUT2D eigenvalue weighted by atomic mass is 9.83. The molecular formula is C53H51N3O. The van der Waals surface area contributed by atoms with Gasteiger partial charge in [-0.3, -0.25) is 9.55 Å². The Kier molecular flexibility index (Phi) is 7.42. The maximum atomic E-state index is 11.4. The lowest BCUT2D eigenvalue weighted by Gasteiger charge is -2.22. The molecule has 0 aliphatic heterocycles. The van der Waals surface area contributed by atoms with Gasteiger partial charge in [-0.2, -0.15) is 0 Å². The Morgan fingerprint density at radius 1 is 0.702 bits per heavy atom. The highest BCUT2D eigenvalue weighted by molar-refractivity contribution is 5.97. The van der Waals surface area contributed by atoms with Crippen molar-refractivity contribution in [1.29, 1.82) is 0 Å². The number of aromatic hydroxyl groups is 1. The van der Waals surface area contributed by atoms with E-state index in [-0.39, 0.29) is 40.3 Å². The number of aryl methyl sites for hydroxylation is 1. The maximum absolute atomic E-state index is 11.4. The fourth-order valence-electron chi connectivity index (χ4n) is 7.60. The molecule has 8 rings (SSSR count). The van der Waals surface area contributed by atoms with Crippen molar-refractivity contribution >= 4 is 11.0 Å². The smallest absolute Gasteiger partial charge is 0.149 e. The van der Waals surface area contributed by atoms with Gasteiger partial charge >= 0.3 is 0 Å². The number of fused-ring (bicyclic) bond motifs is 1. The SMILES string of the molecule is [2H]c1c([2H])c([2H])c(-c2ccnc(-c3cc(-c4cccc5c4nc(-c4ccccc4O)n5-c4ccc(-c5c(C(C)C)cccc5C([2H])(C)C)cc4C([2H])([2H])[2H])cc(C(C)(C)C)c3)c2)c([2H])c1[2H]. The van der Waals surface area contributed by atoms with Gasteiger partial charge in [0.1, 0.15) is 11.6 Å². The summed E-state index contributed by atoms with van der Waals surface area (Å²) in [5.74, 6) is -0.564. The van der Waals surface area contributed by atoms with Gasteiger partial charge in [0, 0.05) is 22.8 Å². The molecule has 0 aliphatic carbocycles. The molecule has 0 radical (unpaired) electrons. The molecule has 1 N–H and O–H groups in total. The van der Waals surface area contributed by atoms with E-state index < -0.39 is 30.9 Å². The predicted octanol–water partition coefficient (Wildman–Crippen LogP) is 14.3. The average Bonchev–Trinajstić information content (AvgIpc) is 3.66. The summed E-state index contributed by atoms with van der Waals surface area (Å²) in [6.45, 7) is 11.6. The summed E-state index contributed by atoms with van der Waals surface area (Å²) >= 11 is 0. The number of hydrogen-bond acceptors (Lipinski definition) is 3.